The van der Waals surface area contributed by atoms with E-state index in [0.29, 0.717) is 11.1 Å². The molecule has 0 bridgehead atoms. The van der Waals surface area contributed by atoms with Crippen LogP contribution in [0, 0.1) is 18.3 Å². The molecule has 0 heterocycles. The first-order valence-electron chi connectivity index (χ1n) is 5.48. The molecular formula is C12H14N4O2. The molecule has 6 heteroatoms. The number of nitriles is 1. The molecule has 2 unspecified atom stereocenters. The summed E-state index contributed by atoms with van der Waals surface area (Å²) in [7, 11) is 0. The average Bonchev–Trinajstić information content (AvgIpc) is 2.37. The zero-order valence-corrected chi connectivity index (χ0v) is 9.98. The quantitative estimate of drug-likeness (QED) is 0.470. The average molecular weight is 246 g/mol. The zero-order chi connectivity index (χ0) is 13.5. The molecule has 1 aromatic carbocycles. The lowest BCUT2D eigenvalue weighted by Gasteiger charge is -2.20. The molecular weight excluding hydrogens is 232 g/mol. The summed E-state index contributed by atoms with van der Waals surface area (Å²) in [5, 5.41) is 32.1. The summed E-state index contributed by atoms with van der Waals surface area (Å²) in [4.78, 5) is 2.57. The number of hydrogen-bond donors (Lipinski definition) is 2. The molecule has 2 atom stereocenters. The Labute approximate surface area is 105 Å². The first-order chi connectivity index (χ1) is 8.61. The van der Waals surface area contributed by atoms with E-state index in [4.69, 9.17) is 10.8 Å². The van der Waals surface area contributed by atoms with Crippen molar-refractivity contribution in [1.82, 2.24) is 0 Å². The molecule has 0 aliphatic carbocycles. The summed E-state index contributed by atoms with van der Waals surface area (Å²) in [5.41, 5.74) is 9.64. The van der Waals surface area contributed by atoms with Crippen LogP contribution in [0.4, 0.5) is 0 Å². The van der Waals surface area contributed by atoms with Crippen LogP contribution in [0.5, 0.6) is 0 Å². The lowest BCUT2D eigenvalue weighted by molar-refractivity contribution is 0.0145. The largest absolute Gasteiger partial charge is 0.390 e. The molecule has 6 nitrogen and oxygen atoms in total. The van der Waals surface area contributed by atoms with Gasteiger partial charge in [-0.05, 0) is 30.5 Å². The van der Waals surface area contributed by atoms with Crippen LogP contribution in [0.15, 0.2) is 23.3 Å². The highest BCUT2D eigenvalue weighted by molar-refractivity contribution is 5.44. The van der Waals surface area contributed by atoms with Crippen molar-refractivity contribution >= 4 is 0 Å². The lowest BCUT2D eigenvalue weighted by Crippen LogP contribution is -2.21. The van der Waals surface area contributed by atoms with Crippen LogP contribution in [0.2, 0.25) is 0 Å². The van der Waals surface area contributed by atoms with Crippen LogP contribution < -0.4 is 0 Å². The van der Waals surface area contributed by atoms with Gasteiger partial charge in [-0.25, -0.2) is 0 Å². The minimum atomic E-state index is -1.16. The van der Waals surface area contributed by atoms with Crippen molar-refractivity contribution in [3.05, 3.63) is 45.3 Å². The SMILES string of the molecule is Cc1cccc(C#N)c1C(O)C(O)CCN=[N+]=[N-]. The van der Waals surface area contributed by atoms with Crippen molar-refractivity contribution < 1.29 is 10.2 Å². The Morgan fingerprint density at radius 3 is 2.83 bits per heavy atom. The van der Waals surface area contributed by atoms with Crippen molar-refractivity contribution in [2.24, 2.45) is 5.11 Å². The predicted molar refractivity (Wildman–Crippen MR) is 65.5 cm³/mol. The number of azide groups is 1. The van der Waals surface area contributed by atoms with Gasteiger partial charge in [0.05, 0.1) is 17.7 Å². The standard InChI is InChI=1S/C12H14N4O2/c1-8-3-2-4-9(7-13)11(8)12(18)10(17)5-6-15-16-14/h2-4,10,12,17-18H,5-6H2,1H3. The van der Waals surface area contributed by atoms with Gasteiger partial charge in [-0.2, -0.15) is 5.26 Å². The Kier molecular flexibility index (Phi) is 5.15. The Bertz CT molecular complexity index is 503. The fourth-order valence-corrected chi connectivity index (χ4v) is 1.76. The molecule has 0 spiro atoms. The second-order valence-electron chi connectivity index (χ2n) is 3.90. The van der Waals surface area contributed by atoms with Gasteiger partial charge in [-0.1, -0.05) is 17.2 Å². The Morgan fingerprint density at radius 2 is 2.22 bits per heavy atom. The lowest BCUT2D eigenvalue weighted by atomic mass is 9.93. The van der Waals surface area contributed by atoms with E-state index < -0.39 is 12.2 Å². The van der Waals surface area contributed by atoms with Crippen LogP contribution in [-0.2, 0) is 0 Å². The van der Waals surface area contributed by atoms with E-state index in [1.54, 1.807) is 25.1 Å². The normalized spacial score (nSPS) is 13.2. The van der Waals surface area contributed by atoms with Gasteiger partial charge in [0.1, 0.15) is 6.10 Å². The molecule has 0 aliphatic heterocycles. The van der Waals surface area contributed by atoms with Gasteiger partial charge in [-0.15, -0.1) is 0 Å². The van der Waals surface area contributed by atoms with Gasteiger partial charge in [0.25, 0.3) is 0 Å². The zero-order valence-electron chi connectivity index (χ0n) is 9.98. The van der Waals surface area contributed by atoms with Crippen LogP contribution >= 0.6 is 0 Å². The van der Waals surface area contributed by atoms with Gasteiger partial charge in [0, 0.05) is 17.0 Å². The Morgan fingerprint density at radius 1 is 1.50 bits per heavy atom. The second-order valence-corrected chi connectivity index (χ2v) is 3.90. The summed E-state index contributed by atoms with van der Waals surface area (Å²) < 4.78 is 0. The smallest absolute Gasteiger partial charge is 0.106 e. The van der Waals surface area contributed by atoms with Crippen molar-refractivity contribution in [2.75, 3.05) is 6.54 Å². The van der Waals surface area contributed by atoms with Gasteiger partial charge >= 0.3 is 0 Å². The molecule has 0 fully saturated rings. The fourth-order valence-electron chi connectivity index (χ4n) is 1.76. The maximum atomic E-state index is 10.0. The number of aryl methyl sites for hydroxylation is 1. The number of hydrogen-bond acceptors (Lipinski definition) is 4. The Balaban J connectivity index is 2.93. The van der Waals surface area contributed by atoms with E-state index in [1.165, 1.54) is 0 Å². The topological polar surface area (TPSA) is 113 Å². The number of benzene rings is 1. The first kappa shape index (κ1) is 14.0. The molecule has 94 valence electrons. The molecule has 0 radical (unpaired) electrons. The highest BCUT2D eigenvalue weighted by Crippen LogP contribution is 2.25. The molecule has 1 rings (SSSR count). The highest BCUT2D eigenvalue weighted by atomic mass is 16.3. The monoisotopic (exact) mass is 246 g/mol. The van der Waals surface area contributed by atoms with Crippen LogP contribution in [0.25, 0.3) is 10.4 Å². The van der Waals surface area contributed by atoms with Gasteiger partial charge in [0.2, 0.25) is 0 Å². The minimum absolute atomic E-state index is 0.0997. The summed E-state index contributed by atoms with van der Waals surface area (Å²) >= 11 is 0. The van der Waals surface area contributed by atoms with E-state index in [2.05, 4.69) is 10.0 Å². The molecule has 1 aromatic rings. The summed E-state index contributed by atoms with van der Waals surface area (Å²) in [5.74, 6) is 0. The molecule has 0 amide bonds. The Hall–Kier alpha value is -2.06. The van der Waals surface area contributed by atoms with Crippen molar-refractivity contribution in [3.8, 4) is 6.07 Å². The molecule has 0 saturated heterocycles. The highest BCUT2D eigenvalue weighted by Gasteiger charge is 2.22. The van der Waals surface area contributed by atoms with Crippen molar-refractivity contribution in [2.45, 2.75) is 25.6 Å². The molecule has 18 heavy (non-hydrogen) atoms. The van der Waals surface area contributed by atoms with Gasteiger partial charge in [-0.3, -0.25) is 0 Å². The summed E-state index contributed by atoms with van der Waals surface area (Å²) in [6, 6.07) is 7.06. The molecule has 0 aliphatic rings. The molecule has 0 saturated carbocycles. The van der Waals surface area contributed by atoms with Crippen LogP contribution in [0.1, 0.15) is 29.2 Å². The van der Waals surface area contributed by atoms with Crippen LogP contribution in [0.3, 0.4) is 0 Å². The summed E-state index contributed by atoms with van der Waals surface area (Å²) in [6.45, 7) is 1.86. The van der Waals surface area contributed by atoms with Crippen molar-refractivity contribution in [3.63, 3.8) is 0 Å². The van der Waals surface area contributed by atoms with E-state index >= 15 is 0 Å². The van der Waals surface area contributed by atoms with E-state index in [1.807, 2.05) is 6.07 Å². The van der Waals surface area contributed by atoms with Gasteiger partial charge < -0.3 is 10.2 Å². The van der Waals surface area contributed by atoms with E-state index in [0.717, 1.165) is 5.56 Å². The third-order valence-electron chi connectivity index (χ3n) is 2.69. The first-order valence-corrected chi connectivity index (χ1v) is 5.48. The number of aliphatic hydroxyl groups excluding tert-OH is 2. The van der Waals surface area contributed by atoms with E-state index in [9.17, 15) is 10.2 Å². The van der Waals surface area contributed by atoms with E-state index in [-0.39, 0.29) is 13.0 Å². The number of aliphatic hydroxyl groups is 2. The third-order valence-corrected chi connectivity index (χ3v) is 2.69. The number of rotatable bonds is 5. The third kappa shape index (κ3) is 3.22. The second kappa shape index (κ2) is 6.62. The minimum Gasteiger partial charge on any atom is -0.390 e. The predicted octanol–water partition coefficient (Wildman–Crippen LogP) is 1.96. The maximum Gasteiger partial charge on any atom is 0.106 e. The fraction of sp³-hybridized carbons (Fsp3) is 0.417. The maximum absolute atomic E-state index is 10.0. The van der Waals surface area contributed by atoms with Gasteiger partial charge in [0.15, 0.2) is 0 Å². The van der Waals surface area contributed by atoms with Crippen LogP contribution in [-0.4, -0.2) is 22.9 Å². The van der Waals surface area contributed by atoms with Crippen molar-refractivity contribution in [1.29, 1.82) is 5.26 Å². The molecule has 2 N–H and O–H groups in total. The summed E-state index contributed by atoms with van der Waals surface area (Å²) in [6.07, 6.45) is -2.08. The molecule has 0 aromatic heterocycles. The number of nitrogens with zero attached hydrogens (tertiary/aromatic N) is 4.